The van der Waals surface area contributed by atoms with Gasteiger partial charge in [-0.3, -0.25) is 0 Å². The fourth-order valence-electron chi connectivity index (χ4n) is 2.00. The van der Waals surface area contributed by atoms with Crippen LogP contribution in [0.5, 0.6) is 11.5 Å². The van der Waals surface area contributed by atoms with Gasteiger partial charge in [-0.2, -0.15) is 0 Å². The topological polar surface area (TPSA) is 44.5 Å². The van der Waals surface area contributed by atoms with Crippen molar-refractivity contribution in [1.82, 2.24) is 0 Å². The molecule has 0 saturated carbocycles. The maximum absolute atomic E-state index is 12.7. The molecule has 0 radical (unpaired) electrons. The molecule has 0 heterocycles. The van der Waals surface area contributed by atoms with Crippen molar-refractivity contribution in [1.29, 1.82) is 0 Å². The van der Waals surface area contributed by atoms with E-state index >= 15 is 0 Å². The van der Waals surface area contributed by atoms with E-state index in [9.17, 15) is 8.78 Å². The Morgan fingerprint density at radius 1 is 1.00 bits per heavy atom. The minimum absolute atomic E-state index is 0.325. The first-order valence-electron chi connectivity index (χ1n) is 7.09. The second-order valence-electron chi connectivity index (χ2n) is 4.77. The maximum atomic E-state index is 12.7. The first-order chi connectivity index (χ1) is 10.6. The minimum atomic E-state index is -2.62. The number of ether oxygens (including phenoxy) is 2. The highest BCUT2D eigenvalue weighted by Crippen LogP contribution is 2.32. The monoisotopic (exact) mass is 307 g/mol. The fraction of sp³-hybridized carbons (Fsp3) is 0.294. The summed E-state index contributed by atoms with van der Waals surface area (Å²) in [6, 6.07) is 13.0. The zero-order chi connectivity index (χ0) is 15.9. The van der Waals surface area contributed by atoms with Gasteiger partial charge in [-0.25, -0.2) is 8.78 Å². The number of hydrogen-bond donors (Lipinski definition) is 1. The second kappa shape index (κ2) is 7.75. The molecule has 2 aromatic rings. The molecule has 1 atom stereocenters. The molecule has 3 nitrogen and oxygen atoms in total. The summed E-state index contributed by atoms with van der Waals surface area (Å²) in [7, 11) is 0. The SMILES string of the molecule is CCOc1cc([C@H](N)C(F)F)ccc1OCc1ccccc1. The molecule has 0 aliphatic heterocycles. The smallest absolute Gasteiger partial charge is 0.257 e. The number of hydrogen-bond acceptors (Lipinski definition) is 3. The van der Waals surface area contributed by atoms with Gasteiger partial charge < -0.3 is 15.2 Å². The van der Waals surface area contributed by atoms with E-state index in [1.807, 2.05) is 37.3 Å². The highest BCUT2D eigenvalue weighted by Gasteiger charge is 2.19. The van der Waals surface area contributed by atoms with Crippen LogP contribution in [-0.2, 0) is 6.61 Å². The molecule has 0 amide bonds. The molecule has 22 heavy (non-hydrogen) atoms. The van der Waals surface area contributed by atoms with Crippen molar-refractivity contribution in [3.63, 3.8) is 0 Å². The fourth-order valence-corrected chi connectivity index (χ4v) is 2.00. The standard InChI is InChI=1S/C17H19F2NO2/c1-2-21-15-10-13(16(20)17(18)19)8-9-14(15)22-11-12-6-4-3-5-7-12/h3-10,16-17H,2,11,20H2,1H3/t16-/m0/s1. The van der Waals surface area contributed by atoms with Gasteiger partial charge in [-0.05, 0) is 30.2 Å². The van der Waals surface area contributed by atoms with Crippen molar-refractivity contribution >= 4 is 0 Å². The van der Waals surface area contributed by atoms with Crippen LogP contribution in [0.4, 0.5) is 8.78 Å². The Morgan fingerprint density at radius 2 is 1.73 bits per heavy atom. The zero-order valence-electron chi connectivity index (χ0n) is 12.3. The van der Waals surface area contributed by atoms with Gasteiger partial charge in [0.15, 0.2) is 11.5 Å². The molecule has 0 saturated heterocycles. The molecule has 0 aromatic heterocycles. The van der Waals surface area contributed by atoms with E-state index in [0.29, 0.717) is 30.3 Å². The average Bonchev–Trinajstić information content (AvgIpc) is 2.54. The summed E-state index contributed by atoms with van der Waals surface area (Å²) in [6.07, 6.45) is -2.62. The van der Waals surface area contributed by atoms with E-state index in [1.165, 1.54) is 6.07 Å². The Kier molecular flexibility index (Phi) is 5.72. The van der Waals surface area contributed by atoms with E-state index in [4.69, 9.17) is 15.2 Å². The molecule has 2 rings (SSSR count). The van der Waals surface area contributed by atoms with Gasteiger partial charge in [-0.1, -0.05) is 36.4 Å². The molecule has 0 bridgehead atoms. The van der Waals surface area contributed by atoms with Crippen molar-refractivity contribution < 1.29 is 18.3 Å². The van der Waals surface area contributed by atoms with Gasteiger partial charge in [0.25, 0.3) is 6.43 Å². The Bertz CT molecular complexity index is 590. The van der Waals surface area contributed by atoms with Crippen molar-refractivity contribution in [2.45, 2.75) is 26.0 Å². The summed E-state index contributed by atoms with van der Waals surface area (Å²) in [6.45, 7) is 2.61. The number of halogens is 2. The molecule has 5 heteroatoms. The summed E-state index contributed by atoms with van der Waals surface area (Å²) in [5, 5.41) is 0. The lowest BCUT2D eigenvalue weighted by Gasteiger charge is -2.16. The Labute approximate surface area is 128 Å². The molecule has 0 aliphatic rings. The largest absolute Gasteiger partial charge is 0.490 e. The Hall–Kier alpha value is -2.14. The second-order valence-corrected chi connectivity index (χ2v) is 4.77. The molecule has 0 unspecified atom stereocenters. The van der Waals surface area contributed by atoms with Gasteiger partial charge in [0, 0.05) is 0 Å². The zero-order valence-corrected chi connectivity index (χ0v) is 12.3. The van der Waals surface area contributed by atoms with Crippen LogP contribution in [0.2, 0.25) is 0 Å². The van der Waals surface area contributed by atoms with Crippen LogP contribution in [-0.4, -0.2) is 13.0 Å². The molecular weight excluding hydrogens is 288 g/mol. The van der Waals surface area contributed by atoms with Crippen LogP contribution >= 0.6 is 0 Å². The van der Waals surface area contributed by atoms with Crippen molar-refractivity contribution in [3.8, 4) is 11.5 Å². The third kappa shape index (κ3) is 4.18. The molecule has 118 valence electrons. The number of rotatable bonds is 7. The summed E-state index contributed by atoms with van der Waals surface area (Å²) in [5.41, 5.74) is 6.81. The molecule has 0 aliphatic carbocycles. The number of alkyl halides is 2. The van der Waals surface area contributed by atoms with Gasteiger partial charge in [-0.15, -0.1) is 0 Å². The number of benzene rings is 2. The van der Waals surface area contributed by atoms with Crippen molar-refractivity contribution in [2.24, 2.45) is 5.73 Å². The van der Waals surface area contributed by atoms with E-state index in [2.05, 4.69) is 0 Å². The Morgan fingerprint density at radius 3 is 2.36 bits per heavy atom. The van der Waals surface area contributed by atoms with Crippen LogP contribution in [0.25, 0.3) is 0 Å². The van der Waals surface area contributed by atoms with Crippen LogP contribution in [0.1, 0.15) is 24.1 Å². The quantitative estimate of drug-likeness (QED) is 0.843. The third-order valence-corrected chi connectivity index (χ3v) is 3.16. The predicted octanol–water partition coefficient (Wildman–Crippen LogP) is 3.93. The number of nitrogens with two attached hydrogens (primary N) is 1. The van der Waals surface area contributed by atoms with E-state index in [0.717, 1.165) is 5.56 Å². The van der Waals surface area contributed by atoms with Crippen molar-refractivity contribution in [2.75, 3.05) is 6.61 Å². The summed E-state index contributed by atoms with van der Waals surface area (Å²) in [5.74, 6) is 0.933. The van der Waals surface area contributed by atoms with E-state index in [-0.39, 0.29) is 0 Å². The van der Waals surface area contributed by atoms with Gasteiger partial charge >= 0.3 is 0 Å². The highest BCUT2D eigenvalue weighted by molar-refractivity contribution is 5.44. The summed E-state index contributed by atoms with van der Waals surface area (Å²) >= 11 is 0. The van der Waals surface area contributed by atoms with E-state index in [1.54, 1.807) is 12.1 Å². The highest BCUT2D eigenvalue weighted by atomic mass is 19.3. The molecular formula is C17H19F2NO2. The minimum Gasteiger partial charge on any atom is -0.490 e. The first kappa shape index (κ1) is 16.2. The third-order valence-electron chi connectivity index (χ3n) is 3.16. The lowest BCUT2D eigenvalue weighted by atomic mass is 10.1. The van der Waals surface area contributed by atoms with E-state index < -0.39 is 12.5 Å². The van der Waals surface area contributed by atoms with Gasteiger partial charge in [0.2, 0.25) is 0 Å². The molecule has 2 N–H and O–H groups in total. The lowest BCUT2D eigenvalue weighted by molar-refractivity contribution is 0.116. The van der Waals surface area contributed by atoms with Crippen LogP contribution in [0.15, 0.2) is 48.5 Å². The van der Waals surface area contributed by atoms with Crippen LogP contribution < -0.4 is 15.2 Å². The van der Waals surface area contributed by atoms with Crippen LogP contribution in [0, 0.1) is 0 Å². The van der Waals surface area contributed by atoms with Crippen LogP contribution in [0.3, 0.4) is 0 Å². The van der Waals surface area contributed by atoms with Crippen molar-refractivity contribution in [3.05, 3.63) is 59.7 Å². The summed E-state index contributed by atoms with van der Waals surface area (Å²) < 4.78 is 36.6. The summed E-state index contributed by atoms with van der Waals surface area (Å²) in [4.78, 5) is 0. The molecule has 0 spiro atoms. The molecule has 0 fully saturated rings. The predicted molar refractivity (Wildman–Crippen MR) is 81.3 cm³/mol. The lowest BCUT2D eigenvalue weighted by Crippen LogP contribution is -2.19. The molecule has 2 aromatic carbocycles. The maximum Gasteiger partial charge on any atom is 0.257 e. The average molecular weight is 307 g/mol. The van der Waals surface area contributed by atoms with Gasteiger partial charge in [0.05, 0.1) is 12.6 Å². The Balaban J connectivity index is 2.16. The normalized spacial score (nSPS) is 12.2. The first-order valence-corrected chi connectivity index (χ1v) is 7.09. The van der Waals surface area contributed by atoms with Gasteiger partial charge in [0.1, 0.15) is 6.61 Å².